The fraction of sp³-hybridized carbons (Fsp3) is 0.176. The zero-order valence-electron chi connectivity index (χ0n) is 11.2. The van der Waals surface area contributed by atoms with Crippen LogP contribution in [0.1, 0.15) is 23.0 Å². The minimum Gasteiger partial charge on any atom is -0.493 e. The monoisotopic (exact) mass is 284 g/mol. The molecule has 1 aliphatic rings. The van der Waals surface area contributed by atoms with Crippen LogP contribution in [0.25, 0.3) is 11.0 Å². The topological polar surface area (TPSA) is 42.6 Å². The fourth-order valence-corrected chi connectivity index (χ4v) is 2.72. The van der Waals surface area contributed by atoms with Crippen LogP contribution in [-0.4, -0.2) is 11.7 Å². The Balaban J connectivity index is 1.75. The number of hydrogen-bond donors (Lipinski definition) is 1. The minimum absolute atomic E-state index is 0.177. The molecule has 0 saturated heterocycles. The number of hydrogen-bond acceptors (Lipinski definition) is 3. The van der Waals surface area contributed by atoms with Crippen LogP contribution in [0.15, 0.2) is 46.9 Å². The van der Waals surface area contributed by atoms with E-state index in [9.17, 15) is 9.50 Å². The molecule has 0 aliphatic carbocycles. The molecule has 1 N–H and O–H groups in total. The highest BCUT2D eigenvalue weighted by molar-refractivity contribution is 5.78. The van der Waals surface area contributed by atoms with Gasteiger partial charge < -0.3 is 14.3 Å². The maximum absolute atomic E-state index is 13.7. The van der Waals surface area contributed by atoms with E-state index >= 15 is 0 Å². The molecule has 0 spiro atoms. The van der Waals surface area contributed by atoms with Gasteiger partial charge >= 0.3 is 0 Å². The van der Waals surface area contributed by atoms with Crippen molar-refractivity contribution in [2.45, 2.75) is 12.5 Å². The van der Waals surface area contributed by atoms with E-state index in [4.69, 9.17) is 9.15 Å². The molecule has 0 radical (unpaired) electrons. The van der Waals surface area contributed by atoms with Crippen LogP contribution < -0.4 is 4.74 Å². The zero-order chi connectivity index (χ0) is 14.4. The van der Waals surface area contributed by atoms with E-state index < -0.39 is 11.9 Å². The summed E-state index contributed by atoms with van der Waals surface area (Å²) < 4.78 is 24.6. The first kappa shape index (κ1) is 12.4. The van der Waals surface area contributed by atoms with Crippen LogP contribution in [-0.2, 0) is 6.42 Å². The molecule has 3 nitrogen and oxygen atoms in total. The lowest BCUT2D eigenvalue weighted by molar-refractivity contribution is 0.192. The zero-order valence-corrected chi connectivity index (χ0v) is 11.2. The minimum atomic E-state index is -0.914. The molecule has 21 heavy (non-hydrogen) atoms. The molecule has 0 bridgehead atoms. The van der Waals surface area contributed by atoms with Gasteiger partial charge in [0.25, 0.3) is 0 Å². The molecule has 2 heterocycles. The first-order valence-corrected chi connectivity index (χ1v) is 6.84. The van der Waals surface area contributed by atoms with Crippen LogP contribution in [0.2, 0.25) is 0 Å². The van der Waals surface area contributed by atoms with Crippen molar-refractivity contribution in [1.29, 1.82) is 0 Å². The lowest BCUT2D eigenvalue weighted by atomic mass is 10.0. The molecule has 2 aromatic carbocycles. The van der Waals surface area contributed by atoms with Crippen molar-refractivity contribution in [1.82, 2.24) is 0 Å². The van der Waals surface area contributed by atoms with E-state index in [0.717, 1.165) is 23.3 Å². The molecule has 3 aromatic rings. The molecule has 4 heteroatoms. The largest absolute Gasteiger partial charge is 0.493 e. The average molecular weight is 284 g/mol. The van der Waals surface area contributed by atoms with E-state index in [1.54, 1.807) is 24.3 Å². The standard InChI is InChI=1S/C17H13FO3/c18-13-3-1-2-12-9-15(21-17(12)13)16(19)11-4-5-14-10(8-11)6-7-20-14/h1-5,8-9,16,19H,6-7H2. The number of halogens is 1. The van der Waals surface area contributed by atoms with Gasteiger partial charge in [0.05, 0.1) is 6.61 Å². The van der Waals surface area contributed by atoms with Gasteiger partial charge in [0.2, 0.25) is 0 Å². The summed E-state index contributed by atoms with van der Waals surface area (Å²) in [7, 11) is 0. The van der Waals surface area contributed by atoms with Crippen LogP contribution in [0.5, 0.6) is 5.75 Å². The van der Waals surface area contributed by atoms with Crippen LogP contribution >= 0.6 is 0 Å². The van der Waals surface area contributed by atoms with Gasteiger partial charge in [-0.1, -0.05) is 18.2 Å². The summed E-state index contributed by atoms with van der Waals surface area (Å²) in [6.07, 6.45) is -0.0762. The number of furan rings is 1. The average Bonchev–Trinajstić information content (AvgIpc) is 3.12. The number of benzene rings is 2. The van der Waals surface area contributed by atoms with Crippen molar-refractivity contribution in [2.24, 2.45) is 0 Å². The predicted molar refractivity (Wildman–Crippen MR) is 75.9 cm³/mol. The van der Waals surface area contributed by atoms with Gasteiger partial charge in [0.15, 0.2) is 11.4 Å². The van der Waals surface area contributed by atoms with E-state index in [2.05, 4.69) is 0 Å². The summed E-state index contributed by atoms with van der Waals surface area (Å²) in [5.41, 5.74) is 1.98. The SMILES string of the molecule is OC(c1ccc2c(c1)CCO2)c1cc2cccc(F)c2o1. The summed E-state index contributed by atoms with van der Waals surface area (Å²) >= 11 is 0. The Morgan fingerprint density at radius 2 is 2.05 bits per heavy atom. The van der Waals surface area contributed by atoms with Gasteiger partial charge in [-0.15, -0.1) is 0 Å². The quantitative estimate of drug-likeness (QED) is 0.782. The first-order chi connectivity index (χ1) is 10.2. The number of aliphatic hydroxyl groups is 1. The smallest absolute Gasteiger partial charge is 0.170 e. The summed E-state index contributed by atoms with van der Waals surface area (Å²) in [6, 6.07) is 12.0. The molecule has 4 rings (SSSR count). The van der Waals surface area contributed by atoms with Crippen LogP contribution in [0, 0.1) is 5.82 Å². The molecule has 1 unspecified atom stereocenters. The van der Waals surface area contributed by atoms with Crippen molar-refractivity contribution in [3.63, 3.8) is 0 Å². The number of para-hydroxylation sites is 1. The highest BCUT2D eigenvalue weighted by Crippen LogP contribution is 2.33. The number of fused-ring (bicyclic) bond motifs is 2. The van der Waals surface area contributed by atoms with Crippen molar-refractivity contribution in [3.05, 3.63) is 65.2 Å². The Bertz CT molecular complexity index is 822. The summed E-state index contributed by atoms with van der Waals surface area (Å²) in [4.78, 5) is 0. The molecule has 1 aliphatic heterocycles. The normalized spacial score (nSPS) is 15.0. The van der Waals surface area contributed by atoms with Gasteiger partial charge in [0.1, 0.15) is 17.6 Å². The first-order valence-electron chi connectivity index (χ1n) is 6.84. The van der Waals surface area contributed by atoms with E-state index in [-0.39, 0.29) is 5.58 Å². The Labute approximate surface area is 120 Å². The number of rotatable bonds is 2. The Hall–Kier alpha value is -2.33. The highest BCUT2D eigenvalue weighted by Gasteiger charge is 2.20. The fourth-order valence-electron chi connectivity index (χ4n) is 2.72. The van der Waals surface area contributed by atoms with Crippen LogP contribution in [0.3, 0.4) is 0 Å². The molecule has 1 aromatic heterocycles. The summed E-state index contributed by atoms with van der Waals surface area (Å²) in [5.74, 6) is 0.781. The molecule has 106 valence electrons. The second kappa shape index (κ2) is 4.60. The van der Waals surface area contributed by atoms with Crippen molar-refractivity contribution in [2.75, 3.05) is 6.61 Å². The lowest BCUT2D eigenvalue weighted by Crippen LogP contribution is -1.98. The summed E-state index contributed by atoms with van der Waals surface area (Å²) in [6.45, 7) is 0.671. The van der Waals surface area contributed by atoms with Crippen molar-refractivity contribution in [3.8, 4) is 5.75 Å². The van der Waals surface area contributed by atoms with Gasteiger partial charge in [-0.05, 0) is 35.4 Å². The van der Waals surface area contributed by atoms with Crippen LogP contribution in [0.4, 0.5) is 4.39 Å². The van der Waals surface area contributed by atoms with Crippen molar-refractivity contribution >= 4 is 11.0 Å². The molecular formula is C17H13FO3. The number of aliphatic hydroxyl groups excluding tert-OH is 1. The Kier molecular flexibility index (Phi) is 2.72. The van der Waals surface area contributed by atoms with Gasteiger partial charge in [-0.3, -0.25) is 0 Å². The molecule has 1 atom stereocenters. The van der Waals surface area contributed by atoms with Gasteiger partial charge in [-0.25, -0.2) is 4.39 Å². The Morgan fingerprint density at radius 1 is 1.14 bits per heavy atom. The third-order valence-electron chi connectivity index (χ3n) is 3.81. The molecule has 0 saturated carbocycles. The van der Waals surface area contributed by atoms with Gasteiger partial charge in [0, 0.05) is 11.8 Å². The predicted octanol–water partition coefficient (Wildman–Crippen LogP) is 3.59. The van der Waals surface area contributed by atoms with Crippen molar-refractivity contribution < 1.29 is 18.7 Å². The molecular weight excluding hydrogens is 271 g/mol. The van der Waals surface area contributed by atoms with Gasteiger partial charge in [-0.2, -0.15) is 0 Å². The third-order valence-corrected chi connectivity index (χ3v) is 3.81. The highest BCUT2D eigenvalue weighted by atomic mass is 19.1. The number of ether oxygens (including phenoxy) is 1. The molecule has 0 amide bonds. The second-order valence-electron chi connectivity index (χ2n) is 5.18. The maximum Gasteiger partial charge on any atom is 0.170 e. The van der Waals surface area contributed by atoms with E-state index in [0.29, 0.717) is 17.8 Å². The van der Waals surface area contributed by atoms with E-state index in [1.165, 1.54) is 6.07 Å². The third kappa shape index (κ3) is 1.99. The van der Waals surface area contributed by atoms with E-state index in [1.807, 2.05) is 12.1 Å². The maximum atomic E-state index is 13.7. The Morgan fingerprint density at radius 3 is 2.90 bits per heavy atom. The lowest BCUT2D eigenvalue weighted by Gasteiger charge is -2.09. The second-order valence-corrected chi connectivity index (χ2v) is 5.18. The molecule has 0 fully saturated rings. The summed E-state index contributed by atoms with van der Waals surface area (Å²) in [5, 5.41) is 11.1.